The van der Waals surface area contributed by atoms with Gasteiger partial charge in [-0.15, -0.1) is 0 Å². The minimum absolute atomic E-state index is 0.0197. The normalized spacial score (nSPS) is 19.8. The van der Waals surface area contributed by atoms with E-state index in [9.17, 15) is 18.0 Å². The molecule has 1 aliphatic heterocycles. The van der Waals surface area contributed by atoms with Crippen LogP contribution in [0.2, 0.25) is 0 Å². The first-order valence-corrected chi connectivity index (χ1v) is 10.7. The monoisotopic (exact) mass is 381 g/mol. The Morgan fingerprint density at radius 2 is 1.85 bits per heavy atom. The molecular weight excluding hydrogens is 354 g/mol. The Labute approximate surface area is 155 Å². The first-order valence-electron chi connectivity index (χ1n) is 8.90. The van der Waals surface area contributed by atoms with E-state index >= 15 is 0 Å². The summed E-state index contributed by atoms with van der Waals surface area (Å²) in [4.78, 5) is 26.5. The fourth-order valence-electron chi connectivity index (χ4n) is 3.38. The van der Waals surface area contributed by atoms with Gasteiger partial charge in [0.15, 0.2) is 16.4 Å². The van der Waals surface area contributed by atoms with Crippen molar-refractivity contribution in [3.05, 3.63) is 34.9 Å². The summed E-state index contributed by atoms with van der Waals surface area (Å²) < 4.78 is 28.7. The van der Waals surface area contributed by atoms with E-state index in [-0.39, 0.29) is 36.1 Å². The summed E-state index contributed by atoms with van der Waals surface area (Å²) in [7, 11) is -3.10. The van der Waals surface area contributed by atoms with E-state index in [4.69, 9.17) is 4.74 Å². The Bertz CT molecular complexity index is 767. The van der Waals surface area contributed by atoms with Gasteiger partial charge >= 0.3 is 5.97 Å². The topological polar surface area (TPSA) is 80.8 Å². The van der Waals surface area contributed by atoms with Gasteiger partial charge in [-0.05, 0) is 45.7 Å². The number of hydrogen-bond donors (Lipinski definition) is 0. The first-order chi connectivity index (χ1) is 12.1. The van der Waals surface area contributed by atoms with Crippen molar-refractivity contribution < 1.29 is 22.7 Å². The van der Waals surface area contributed by atoms with Crippen molar-refractivity contribution in [3.63, 3.8) is 0 Å². The molecule has 1 heterocycles. The molecule has 1 fully saturated rings. The van der Waals surface area contributed by atoms with Gasteiger partial charge in [-0.2, -0.15) is 0 Å². The average Bonchev–Trinajstić information content (AvgIpc) is 2.91. The highest BCUT2D eigenvalue weighted by atomic mass is 32.2. The number of amides is 1. The van der Waals surface area contributed by atoms with Crippen LogP contribution >= 0.6 is 0 Å². The van der Waals surface area contributed by atoms with Crippen LogP contribution in [0.4, 0.5) is 0 Å². The van der Waals surface area contributed by atoms with E-state index in [0.717, 1.165) is 11.1 Å². The lowest BCUT2D eigenvalue weighted by molar-refractivity contribution is -0.138. The molecule has 0 saturated carbocycles. The summed E-state index contributed by atoms with van der Waals surface area (Å²) >= 11 is 0. The van der Waals surface area contributed by atoms with Crippen LogP contribution < -0.4 is 0 Å². The second kappa shape index (κ2) is 8.20. The van der Waals surface area contributed by atoms with Crippen molar-refractivity contribution in [1.82, 2.24) is 4.90 Å². The molecule has 2 atom stereocenters. The van der Waals surface area contributed by atoms with Crippen LogP contribution in [0, 0.1) is 13.8 Å². The Morgan fingerprint density at radius 1 is 1.23 bits per heavy atom. The van der Waals surface area contributed by atoms with Crippen molar-refractivity contribution in [2.45, 2.75) is 52.6 Å². The number of nitrogens with zero attached hydrogens (tertiary/aromatic N) is 1. The number of hydrogen-bond acceptors (Lipinski definition) is 5. The molecular formula is C19H27NO5S. The van der Waals surface area contributed by atoms with E-state index in [1.54, 1.807) is 17.0 Å². The third kappa shape index (κ3) is 5.06. The van der Waals surface area contributed by atoms with Crippen LogP contribution in [0.25, 0.3) is 0 Å². The quantitative estimate of drug-likeness (QED) is 0.706. The van der Waals surface area contributed by atoms with Crippen molar-refractivity contribution in [2.75, 3.05) is 18.1 Å². The molecule has 6 nitrogen and oxygen atoms in total. The number of esters is 1. The maximum absolute atomic E-state index is 12.7. The van der Waals surface area contributed by atoms with E-state index in [1.807, 2.05) is 33.8 Å². The molecule has 2 rings (SSSR count). The highest BCUT2D eigenvalue weighted by Gasteiger charge is 2.36. The summed E-state index contributed by atoms with van der Waals surface area (Å²) in [6, 6.07) is 4.93. The van der Waals surface area contributed by atoms with Crippen LogP contribution in [-0.4, -0.2) is 55.4 Å². The van der Waals surface area contributed by atoms with Gasteiger partial charge in [-0.3, -0.25) is 4.79 Å². The number of aryl methyl sites for hydroxylation is 2. The molecule has 1 amide bonds. The lowest BCUT2D eigenvalue weighted by atomic mass is 10.1. The lowest BCUT2D eigenvalue weighted by Crippen LogP contribution is -2.48. The minimum Gasteiger partial charge on any atom is -0.452 e. The molecule has 0 bridgehead atoms. The molecule has 1 aromatic rings. The van der Waals surface area contributed by atoms with E-state index in [2.05, 4.69) is 0 Å². The van der Waals surface area contributed by atoms with Crippen LogP contribution in [0.15, 0.2) is 18.2 Å². The Hall–Kier alpha value is -1.89. The van der Waals surface area contributed by atoms with Gasteiger partial charge in [0, 0.05) is 12.1 Å². The molecule has 0 aromatic heterocycles. The largest absolute Gasteiger partial charge is 0.452 e. The maximum Gasteiger partial charge on any atom is 0.338 e. The minimum atomic E-state index is -3.10. The third-order valence-corrected chi connectivity index (χ3v) is 6.49. The summed E-state index contributed by atoms with van der Waals surface area (Å²) in [6.07, 6.45) is 1.14. The highest BCUT2D eigenvalue weighted by Crippen LogP contribution is 2.21. The van der Waals surface area contributed by atoms with Crippen molar-refractivity contribution in [3.8, 4) is 0 Å². The second-order valence-corrected chi connectivity index (χ2v) is 9.30. The summed E-state index contributed by atoms with van der Waals surface area (Å²) in [5, 5.41) is 0. The van der Waals surface area contributed by atoms with Crippen LogP contribution in [0.1, 0.15) is 48.2 Å². The Balaban J connectivity index is 2.06. The fourth-order valence-corrected chi connectivity index (χ4v) is 5.09. The maximum atomic E-state index is 12.7. The molecule has 26 heavy (non-hydrogen) atoms. The summed E-state index contributed by atoms with van der Waals surface area (Å²) in [5.41, 5.74) is 2.30. The molecule has 0 N–H and O–H groups in total. The average molecular weight is 381 g/mol. The molecule has 7 heteroatoms. The number of carbonyl (C=O) groups excluding carboxylic acids is 2. The number of rotatable bonds is 6. The number of sulfone groups is 1. The molecule has 0 radical (unpaired) electrons. The zero-order valence-corrected chi connectivity index (χ0v) is 16.6. The molecule has 1 saturated heterocycles. The molecule has 144 valence electrons. The van der Waals surface area contributed by atoms with Gasteiger partial charge < -0.3 is 9.64 Å². The predicted molar refractivity (Wildman–Crippen MR) is 99.9 cm³/mol. The summed E-state index contributed by atoms with van der Waals surface area (Å²) in [6.45, 7) is 7.22. The van der Waals surface area contributed by atoms with Crippen molar-refractivity contribution >= 4 is 21.7 Å². The summed E-state index contributed by atoms with van der Waals surface area (Å²) in [5.74, 6) is -0.818. The first kappa shape index (κ1) is 20.4. The predicted octanol–water partition coefficient (Wildman–Crippen LogP) is 2.27. The number of benzene rings is 1. The van der Waals surface area contributed by atoms with Gasteiger partial charge in [-0.1, -0.05) is 24.1 Å². The molecule has 0 aliphatic carbocycles. The molecule has 1 aromatic carbocycles. The van der Waals surface area contributed by atoms with Crippen LogP contribution in [-0.2, 0) is 19.4 Å². The Morgan fingerprint density at radius 3 is 2.35 bits per heavy atom. The zero-order valence-electron chi connectivity index (χ0n) is 15.8. The molecule has 0 spiro atoms. The number of carbonyl (C=O) groups is 2. The highest BCUT2D eigenvalue weighted by molar-refractivity contribution is 7.91. The smallest absolute Gasteiger partial charge is 0.338 e. The standard InChI is InChI=1S/C19H27NO5S/c1-5-15(4)20(17-6-7-26(23,24)12-17)18(21)11-25-19(22)16-9-13(2)8-14(3)10-16/h8-10,15,17H,5-7,11-12H2,1-4H3/t15-,17-/m1/s1. The van der Waals surface area contributed by atoms with Crippen molar-refractivity contribution in [1.29, 1.82) is 0 Å². The van der Waals surface area contributed by atoms with Crippen LogP contribution in [0.5, 0.6) is 0 Å². The van der Waals surface area contributed by atoms with E-state index in [0.29, 0.717) is 18.4 Å². The van der Waals surface area contributed by atoms with E-state index in [1.165, 1.54) is 0 Å². The van der Waals surface area contributed by atoms with Gasteiger partial charge in [0.1, 0.15) is 0 Å². The molecule has 1 aliphatic rings. The fraction of sp³-hybridized carbons (Fsp3) is 0.579. The zero-order chi connectivity index (χ0) is 19.5. The van der Waals surface area contributed by atoms with Gasteiger partial charge in [0.05, 0.1) is 17.1 Å². The van der Waals surface area contributed by atoms with Gasteiger partial charge in [-0.25, -0.2) is 13.2 Å². The SMILES string of the molecule is CC[C@@H](C)N(C(=O)COC(=O)c1cc(C)cc(C)c1)[C@@H]1CCS(=O)(=O)C1. The van der Waals surface area contributed by atoms with E-state index < -0.39 is 15.8 Å². The van der Waals surface area contributed by atoms with Gasteiger partial charge in [0.25, 0.3) is 5.91 Å². The van der Waals surface area contributed by atoms with Gasteiger partial charge in [0.2, 0.25) is 0 Å². The van der Waals surface area contributed by atoms with Crippen molar-refractivity contribution in [2.24, 2.45) is 0 Å². The van der Waals surface area contributed by atoms with Crippen LogP contribution in [0.3, 0.4) is 0 Å². The number of ether oxygens (including phenoxy) is 1. The second-order valence-electron chi connectivity index (χ2n) is 7.07. The lowest BCUT2D eigenvalue weighted by Gasteiger charge is -2.33. The third-order valence-electron chi connectivity index (χ3n) is 4.74. The Kier molecular flexibility index (Phi) is 6.44. The molecule has 0 unspecified atom stereocenters.